The second kappa shape index (κ2) is 6.14. The number of carbonyl (C=O) groups excluding carboxylic acids is 1. The molecular formula is C11H11BrF3NO3. The van der Waals surface area contributed by atoms with Crippen molar-refractivity contribution in [2.75, 3.05) is 12.3 Å². The predicted molar refractivity (Wildman–Crippen MR) is 65.6 cm³/mol. The molecule has 0 saturated heterocycles. The minimum absolute atomic E-state index is 0.0106. The number of carbonyl (C=O) groups is 1. The fourth-order valence-corrected chi connectivity index (χ4v) is 1.67. The number of hydrogen-bond donors (Lipinski definition) is 1. The summed E-state index contributed by atoms with van der Waals surface area (Å²) < 4.78 is 45.5. The highest BCUT2D eigenvalue weighted by molar-refractivity contribution is 9.10. The second-order valence-electron chi connectivity index (χ2n) is 3.51. The summed E-state index contributed by atoms with van der Waals surface area (Å²) in [5.41, 5.74) is 5.78. The van der Waals surface area contributed by atoms with Crippen molar-refractivity contribution >= 4 is 27.6 Å². The van der Waals surface area contributed by atoms with Crippen LogP contribution in [-0.4, -0.2) is 18.9 Å². The third-order valence-electron chi connectivity index (χ3n) is 2.05. The molecule has 0 fully saturated rings. The van der Waals surface area contributed by atoms with Crippen molar-refractivity contribution in [3.63, 3.8) is 0 Å². The van der Waals surface area contributed by atoms with Gasteiger partial charge in [0.1, 0.15) is 5.75 Å². The quantitative estimate of drug-likeness (QED) is 0.675. The number of rotatable bonds is 4. The lowest BCUT2D eigenvalue weighted by Crippen LogP contribution is -2.19. The summed E-state index contributed by atoms with van der Waals surface area (Å²) in [6, 6.07) is 2.31. The molecule has 0 bridgehead atoms. The van der Waals surface area contributed by atoms with Crippen LogP contribution in [0, 0.1) is 0 Å². The van der Waals surface area contributed by atoms with E-state index in [2.05, 4.69) is 25.4 Å². The van der Waals surface area contributed by atoms with Gasteiger partial charge < -0.3 is 15.2 Å². The van der Waals surface area contributed by atoms with Crippen molar-refractivity contribution in [1.29, 1.82) is 0 Å². The number of alkyl halides is 3. The van der Waals surface area contributed by atoms with Crippen LogP contribution < -0.4 is 10.5 Å². The molecule has 0 heterocycles. The van der Waals surface area contributed by atoms with Gasteiger partial charge in [0.2, 0.25) is 0 Å². The van der Waals surface area contributed by atoms with Crippen LogP contribution >= 0.6 is 15.9 Å². The Bertz CT molecular complexity index is 477. The monoisotopic (exact) mass is 341 g/mol. The zero-order chi connectivity index (χ0) is 14.6. The Morgan fingerprint density at radius 2 is 2.05 bits per heavy atom. The fourth-order valence-electron chi connectivity index (χ4n) is 1.34. The Hall–Kier alpha value is -1.44. The van der Waals surface area contributed by atoms with Crippen LogP contribution in [0.4, 0.5) is 18.9 Å². The molecule has 0 aliphatic rings. The normalized spacial score (nSPS) is 11.2. The number of nitrogen functional groups attached to an aromatic ring is 1. The summed E-state index contributed by atoms with van der Waals surface area (Å²) in [7, 11) is 0. The zero-order valence-corrected chi connectivity index (χ0v) is 11.5. The summed E-state index contributed by atoms with van der Waals surface area (Å²) in [4.78, 5) is 11.3. The number of halogens is 4. The molecule has 4 nitrogen and oxygen atoms in total. The second-order valence-corrected chi connectivity index (χ2v) is 4.37. The molecular weight excluding hydrogens is 331 g/mol. The van der Waals surface area contributed by atoms with E-state index < -0.39 is 18.1 Å². The summed E-state index contributed by atoms with van der Waals surface area (Å²) in [6.45, 7) is 1.74. The van der Waals surface area contributed by atoms with E-state index >= 15 is 0 Å². The molecule has 1 rings (SSSR count). The average molecular weight is 342 g/mol. The van der Waals surface area contributed by atoms with Crippen LogP contribution in [0.25, 0.3) is 0 Å². The van der Waals surface area contributed by atoms with Gasteiger partial charge in [0.05, 0.1) is 13.0 Å². The molecule has 0 atom stereocenters. The van der Waals surface area contributed by atoms with Gasteiger partial charge in [-0.15, -0.1) is 13.2 Å². The first-order valence-electron chi connectivity index (χ1n) is 5.22. The lowest BCUT2D eigenvalue weighted by atomic mass is 10.1. The van der Waals surface area contributed by atoms with Crippen LogP contribution in [0.3, 0.4) is 0 Å². The van der Waals surface area contributed by atoms with E-state index in [1.807, 2.05) is 0 Å². The van der Waals surface area contributed by atoms with E-state index in [1.54, 1.807) is 6.92 Å². The van der Waals surface area contributed by atoms with E-state index in [-0.39, 0.29) is 28.8 Å². The number of anilines is 1. The molecule has 0 aliphatic heterocycles. The van der Waals surface area contributed by atoms with E-state index in [0.717, 1.165) is 6.07 Å². The molecule has 0 aliphatic carbocycles. The zero-order valence-electron chi connectivity index (χ0n) is 9.88. The summed E-state index contributed by atoms with van der Waals surface area (Å²) in [5, 5.41) is 0. The molecule has 0 amide bonds. The van der Waals surface area contributed by atoms with Crippen molar-refractivity contribution in [2.45, 2.75) is 19.7 Å². The molecule has 2 N–H and O–H groups in total. The summed E-state index contributed by atoms with van der Waals surface area (Å²) >= 11 is 3.00. The van der Waals surface area contributed by atoms with E-state index in [4.69, 9.17) is 5.73 Å². The first-order valence-corrected chi connectivity index (χ1v) is 6.01. The summed E-state index contributed by atoms with van der Waals surface area (Å²) in [5.74, 6) is -1.14. The third kappa shape index (κ3) is 4.98. The maximum absolute atomic E-state index is 12.3. The van der Waals surface area contributed by atoms with Gasteiger partial charge in [0.15, 0.2) is 0 Å². The predicted octanol–water partition coefficient (Wildman–Crippen LogP) is 3.04. The standard InChI is InChI=1S/C11H11BrF3NO3/c1-2-18-10(17)4-6-3-8(16)7(12)5-9(6)19-11(13,14)15/h3,5H,2,4,16H2,1H3. The number of nitrogens with two attached hydrogens (primary N) is 1. The van der Waals surface area contributed by atoms with Crippen LogP contribution in [-0.2, 0) is 16.0 Å². The van der Waals surface area contributed by atoms with Crippen molar-refractivity contribution in [3.8, 4) is 5.75 Å². The molecule has 1 aromatic carbocycles. The number of hydrogen-bond acceptors (Lipinski definition) is 4. The van der Waals surface area contributed by atoms with E-state index in [9.17, 15) is 18.0 Å². The first-order chi connectivity index (χ1) is 8.73. The van der Waals surface area contributed by atoms with Gasteiger partial charge >= 0.3 is 12.3 Å². The highest BCUT2D eigenvalue weighted by atomic mass is 79.9. The van der Waals surface area contributed by atoms with Gasteiger partial charge in [0.25, 0.3) is 0 Å². The molecule has 0 aromatic heterocycles. The molecule has 0 unspecified atom stereocenters. The van der Waals surface area contributed by atoms with Gasteiger partial charge in [-0.3, -0.25) is 4.79 Å². The Labute approximate surface area is 115 Å². The van der Waals surface area contributed by atoms with Crippen molar-refractivity contribution < 1.29 is 27.4 Å². The van der Waals surface area contributed by atoms with Crippen molar-refractivity contribution in [2.24, 2.45) is 0 Å². The van der Waals surface area contributed by atoms with Gasteiger partial charge in [-0.05, 0) is 35.0 Å². The lowest BCUT2D eigenvalue weighted by Gasteiger charge is -2.14. The molecule has 8 heteroatoms. The topological polar surface area (TPSA) is 61.5 Å². The number of esters is 1. The van der Waals surface area contributed by atoms with Gasteiger partial charge in [0, 0.05) is 15.7 Å². The number of ether oxygens (including phenoxy) is 2. The maximum Gasteiger partial charge on any atom is 0.573 e. The smallest absolute Gasteiger partial charge is 0.466 e. The molecule has 0 spiro atoms. The van der Waals surface area contributed by atoms with E-state index in [1.165, 1.54) is 6.07 Å². The summed E-state index contributed by atoms with van der Waals surface area (Å²) in [6.07, 6.45) is -5.20. The van der Waals surface area contributed by atoms with Crippen molar-refractivity contribution in [3.05, 3.63) is 22.2 Å². The van der Waals surface area contributed by atoms with E-state index in [0.29, 0.717) is 0 Å². The first kappa shape index (κ1) is 15.6. The van der Waals surface area contributed by atoms with Gasteiger partial charge in [-0.2, -0.15) is 0 Å². The molecule has 1 aromatic rings. The maximum atomic E-state index is 12.3. The molecule has 0 saturated carbocycles. The van der Waals surface area contributed by atoms with Gasteiger partial charge in [-0.1, -0.05) is 0 Å². The molecule has 106 valence electrons. The molecule has 19 heavy (non-hydrogen) atoms. The highest BCUT2D eigenvalue weighted by Crippen LogP contribution is 2.33. The Morgan fingerprint density at radius 1 is 1.42 bits per heavy atom. The third-order valence-corrected chi connectivity index (χ3v) is 2.73. The Balaban J connectivity index is 3.06. The van der Waals surface area contributed by atoms with Crippen LogP contribution in [0.1, 0.15) is 12.5 Å². The van der Waals surface area contributed by atoms with Crippen molar-refractivity contribution in [1.82, 2.24) is 0 Å². The molecule has 0 radical (unpaired) electrons. The largest absolute Gasteiger partial charge is 0.573 e. The average Bonchev–Trinajstić information content (AvgIpc) is 2.23. The fraction of sp³-hybridized carbons (Fsp3) is 0.364. The SMILES string of the molecule is CCOC(=O)Cc1cc(N)c(Br)cc1OC(F)(F)F. The minimum Gasteiger partial charge on any atom is -0.466 e. The van der Waals surface area contributed by atoms with Gasteiger partial charge in [-0.25, -0.2) is 0 Å². The Morgan fingerprint density at radius 3 is 2.58 bits per heavy atom. The highest BCUT2D eigenvalue weighted by Gasteiger charge is 2.32. The Kier molecular flexibility index (Phi) is 5.04. The lowest BCUT2D eigenvalue weighted by molar-refractivity contribution is -0.275. The number of benzene rings is 1. The van der Waals surface area contributed by atoms with Crippen LogP contribution in [0.2, 0.25) is 0 Å². The van der Waals surface area contributed by atoms with Crippen LogP contribution in [0.15, 0.2) is 16.6 Å². The minimum atomic E-state index is -4.85. The van der Waals surface area contributed by atoms with Crippen LogP contribution in [0.5, 0.6) is 5.75 Å².